The SMILES string of the molecule is NC(=O)c1ccc(SSCCC(=O)ON2C(=O)CCC2=O)cc1. The summed E-state index contributed by atoms with van der Waals surface area (Å²) in [5.41, 5.74) is 5.58. The predicted octanol–water partition coefficient (Wildman–Crippen LogP) is 1.52. The lowest BCUT2D eigenvalue weighted by molar-refractivity contribution is -0.197. The third kappa shape index (κ3) is 5.00. The molecule has 0 aliphatic carbocycles. The highest BCUT2D eigenvalue weighted by atomic mass is 33.1. The van der Waals surface area contributed by atoms with Crippen molar-refractivity contribution in [1.82, 2.24) is 5.06 Å². The largest absolute Gasteiger partial charge is 0.366 e. The van der Waals surface area contributed by atoms with Crippen LogP contribution in [0.3, 0.4) is 0 Å². The molecule has 0 atom stereocenters. The Morgan fingerprint density at radius 2 is 1.74 bits per heavy atom. The molecular formula is C14H14N2O5S2. The Hall–Kier alpha value is -2.00. The van der Waals surface area contributed by atoms with Crippen molar-refractivity contribution in [3.63, 3.8) is 0 Å². The van der Waals surface area contributed by atoms with Gasteiger partial charge in [-0.1, -0.05) is 21.6 Å². The van der Waals surface area contributed by atoms with Gasteiger partial charge in [0.2, 0.25) is 5.91 Å². The number of primary amides is 1. The lowest BCUT2D eigenvalue weighted by Crippen LogP contribution is -2.32. The van der Waals surface area contributed by atoms with Crippen LogP contribution >= 0.6 is 21.6 Å². The van der Waals surface area contributed by atoms with Crippen molar-refractivity contribution in [3.8, 4) is 0 Å². The van der Waals surface area contributed by atoms with E-state index in [4.69, 9.17) is 10.6 Å². The Labute approximate surface area is 140 Å². The summed E-state index contributed by atoms with van der Waals surface area (Å²) in [6.45, 7) is 0. The van der Waals surface area contributed by atoms with Gasteiger partial charge in [-0.25, -0.2) is 4.79 Å². The summed E-state index contributed by atoms with van der Waals surface area (Å²) >= 11 is 0. The first-order valence-corrected chi connectivity index (χ1v) is 9.05. The highest BCUT2D eigenvalue weighted by molar-refractivity contribution is 8.76. The number of amides is 3. The second kappa shape index (κ2) is 8.02. The Kier molecular flexibility index (Phi) is 6.05. The van der Waals surface area contributed by atoms with Gasteiger partial charge in [-0.15, -0.1) is 5.06 Å². The number of hydroxylamine groups is 2. The second-order valence-electron chi connectivity index (χ2n) is 4.59. The summed E-state index contributed by atoms with van der Waals surface area (Å²) in [7, 11) is 2.86. The number of imide groups is 1. The van der Waals surface area contributed by atoms with Crippen LogP contribution in [-0.2, 0) is 19.2 Å². The molecule has 0 radical (unpaired) electrons. The zero-order valence-corrected chi connectivity index (χ0v) is 13.7. The number of hydrogen-bond donors (Lipinski definition) is 1. The summed E-state index contributed by atoms with van der Waals surface area (Å²) in [5.74, 6) is -1.62. The van der Waals surface area contributed by atoms with Crippen LogP contribution in [0, 0.1) is 0 Å². The van der Waals surface area contributed by atoms with Gasteiger partial charge < -0.3 is 10.6 Å². The number of carbonyl (C=O) groups is 4. The Balaban J connectivity index is 1.68. The average Bonchev–Trinajstić information content (AvgIpc) is 2.84. The van der Waals surface area contributed by atoms with Gasteiger partial charge in [0.25, 0.3) is 11.8 Å². The minimum absolute atomic E-state index is 0.0775. The van der Waals surface area contributed by atoms with Crippen molar-refractivity contribution in [2.24, 2.45) is 5.73 Å². The number of carbonyl (C=O) groups excluding carboxylic acids is 4. The van der Waals surface area contributed by atoms with Crippen LogP contribution < -0.4 is 5.73 Å². The third-order valence-corrected chi connectivity index (χ3v) is 5.27. The number of hydrogen-bond acceptors (Lipinski definition) is 7. The van der Waals surface area contributed by atoms with Crippen molar-refractivity contribution in [1.29, 1.82) is 0 Å². The molecule has 1 aromatic carbocycles. The number of nitrogens with zero attached hydrogens (tertiary/aromatic N) is 1. The van der Waals surface area contributed by atoms with Gasteiger partial charge in [-0.2, -0.15) is 0 Å². The molecule has 7 nitrogen and oxygen atoms in total. The number of nitrogens with two attached hydrogens (primary N) is 1. The van der Waals surface area contributed by atoms with Crippen LogP contribution in [0.15, 0.2) is 29.2 Å². The normalized spacial score (nSPS) is 14.2. The molecule has 0 saturated carbocycles. The Morgan fingerprint density at radius 3 is 2.30 bits per heavy atom. The molecule has 0 spiro atoms. The van der Waals surface area contributed by atoms with Gasteiger partial charge in [0.05, 0.1) is 6.42 Å². The molecule has 23 heavy (non-hydrogen) atoms. The first-order chi connectivity index (χ1) is 11.0. The monoisotopic (exact) mass is 354 g/mol. The van der Waals surface area contributed by atoms with E-state index in [1.807, 2.05) is 0 Å². The molecule has 0 unspecified atom stereocenters. The molecule has 1 aliphatic rings. The molecular weight excluding hydrogens is 340 g/mol. The fourth-order valence-corrected chi connectivity index (χ4v) is 3.67. The van der Waals surface area contributed by atoms with Crippen molar-refractivity contribution >= 4 is 45.3 Å². The fourth-order valence-electron chi connectivity index (χ4n) is 1.71. The standard InChI is InChI=1S/C14H14N2O5S2/c15-14(20)9-1-3-10(4-2-9)23-22-8-7-13(19)21-16-11(17)5-6-12(16)18/h1-4H,5-8H2,(H2,15,20). The maximum Gasteiger partial charge on any atom is 0.334 e. The first kappa shape index (κ1) is 17.4. The van der Waals surface area contributed by atoms with Crippen molar-refractivity contribution < 1.29 is 24.0 Å². The van der Waals surface area contributed by atoms with Gasteiger partial charge in [-0.3, -0.25) is 14.4 Å². The fraction of sp³-hybridized carbons (Fsp3) is 0.286. The Morgan fingerprint density at radius 1 is 1.13 bits per heavy atom. The molecule has 1 aromatic rings. The molecule has 1 aliphatic heterocycles. The van der Waals surface area contributed by atoms with Crippen molar-refractivity contribution in [3.05, 3.63) is 29.8 Å². The molecule has 2 rings (SSSR count). The summed E-state index contributed by atoms with van der Waals surface area (Å²) in [5, 5.41) is 0.544. The number of rotatable bonds is 7. The summed E-state index contributed by atoms with van der Waals surface area (Å²) in [6.07, 6.45) is 0.240. The minimum Gasteiger partial charge on any atom is -0.366 e. The topological polar surface area (TPSA) is 107 Å². The third-order valence-electron chi connectivity index (χ3n) is 2.88. The predicted molar refractivity (Wildman–Crippen MR) is 85.1 cm³/mol. The smallest absolute Gasteiger partial charge is 0.334 e. The summed E-state index contributed by atoms with van der Waals surface area (Å²) in [6, 6.07) is 6.78. The molecule has 3 amide bonds. The van der Waals surface area contributed by atoms with E-state index in [-0.39, 0.29) is 19.3 Å². The Bertz CT molecular complexity index is 617. The average molecular weight is 354 g/mol. The highest BCUT2D eigenvalue weighted by Gasteiger charge is 2.32. The molecule has 1 saturated heterocycles. The van der Waals surface area contributed by atoms with Crippen LogP contribution in [0.2, 0.25) is 0 Å². The second-order valence-corrected chi connectivity index (χ2v) is 7.08. The van der Waals surface area contributed by atoms with Crippen LogP contribution in [-0.4, -0.2) is 34.5 Å². The highest BCUT2D eigenvalue weighted by Crippen LogP contribution is 2.31. The van der Waals surface area contributed by atoms with E-state index in [2.05, 4.69) is 0 Å². The maximum absolute atomic E-state index is 11.6. The van der Waals surface area contributed by atoms with Crippen LogP contribution in [0.1, 0.15) is 29.6 Å². The lowest BCUT2D eigenvalue weighted by Gasteiger charge is -2.12. The van der Waals surface area contributed by atoms with Gasteiger partial charge >= 0.3 is 5.97 Å². The van der Waals surface area contributed by atoms with E-state index in [1.165, 1.54) is 21.6 Å². The van der Waals surface area contributed by atoms with Gasteiger partial charge in [0.15, 0.2) is 0 Å². The van der Waals surface area contributed by atoms with E-state index in [0.717, 1.165) is 4.90 Å². The zero-order valence-electron chi connectivity index (χ0n) is 12.0. The van der Waals surface area contributed by atoms with E-state index in [9.17, 15) is 19.2 Å². The zero-order chi connectivity index (χ0) is 16.8. The van der Waals surface area contributed by atoms with Crippen LogP contribution in [0.5, 0.6) is 0 Å². The molecule has 0 aromatic heterocycles. The summed E-state index contributed by atoms with van der Waals surface area (Å²) in [4.78, 5) is 50.8. The van der Waals surface area contributed by atoms with E-state index in [1.54, 1.807) is 24.3 Å². The van der Waals surface area contributed by atoms with Crippen LogP contribution in [0.25, 0.3) is 0 Å². The van der Waals surface area contributed by atoms with Crippen LogP contribution in [0.4, 0.5) is 0 Å². The minimum atomic E-state index is -0.620. The van der Waals surface area contributed by atoms with E-state index < -0.39 is 23.7 Å². The first-order valence-electron chi connectivity index (χ1n) is 6.73. The number of benzene rings is 1. The maximum atomic E-state index is 11.6. The van der Waals surface area contributed by atoms with Gasteiger partial charge in [-0.05, 0) is 24.3 Å². The van der Waals surface area contributed by atoms with E-state index in [0.29, 0.717) is 16.4 Å². The molecule has 9 heteroatoms. The summed E-state index contributed by atoms with van der Waals surface area (Å²) < 4.78 is 0. The molecule has 122 valence electrons. The van der Waals surface area contributed by atoms with E-state index >= 15 is 0 Å². The lowest BCUT2D eigenvalue weighted by atomic mass is 10.2. The molecule has 0 bridgehead atoms. The van der Waals surface area contributed by atoms with Crippen molar-refractivity contribution in [2.45, 2.75) is 24.2 Å². The molecule has 1 fully saturated rings. The van der Waals surface area contributed by atoms with Crippen molar-refractivity contribution in [2.75, 3.05) is 5.75 Å². The quantitative estimate of drug-likeness (QED) is 0.449. The molecule has 1 heterocycles. The van der Waals surface area contributed by atoms with Gasteiger partial charge in [0, 0.05) is 29.1 Å². The molecule has 2 N–H and O–H groups in total. The van der Waals surface area contributed by atoms with Gasteiger partial charge in [0.1, 0.15) is 0 Å².